The molecule has 0 aliphatic rings. The number of ketones is 2. The first-order chi connectivity index (χ1) is 18.5. The molecule has 3 aromatic rings. The molecule has 0 spiro atoms. The molecule has 7 nitrogen and oxygen atoms in total. The summed E-state index contributed by atoms with van der Waals surface area (Å²) in [6.45, 7) is 2.32. The summed E-state index contributed by atoms with van der Waals surface area (Å²) in [5.41, 5.74) is 2.83. The summed E-state index contributed by atoms with van der Waals surface area (Å²) < 4.78 is 0. The number of carbonyl (C=O) groups excluding carboxylic acids is 4. The number of hydrogen-bond acceptors (Lipinski definition) is 4. The molecule has 0 radical (unpaired) electrons. The van der Waals surface area contributed by atoms with Gasteiger partial charge in [-0.25, -0.2) is 0 Å². The van der Waals surface area contributed by atoms with Crippen molar-refractivity contribution in [3.63, 3.8) is 0 Å². The number of aromatic amines is 1. The molecule has 0 saturated carbocycles. The molecule has 3 N–H and O–H groups in total. The molecule has 0 aliphatic carbocycles. The molecule has 1 atom stereocenters. The molecule has 1 unspecified atom stereocenters. The van der Waals surface area contributed by atoms with Gasteiger partial charge in [0.25, 0.3) is 0 Å². The third-order valence-electron chi connectivity index (χ3n) is 6.77. The molecule has 0 fully saturated rings. The smallest absolute Gasteiger partial charge is 0.242 e. The Morgan fingerprint density at radius 1 is 0.842 bits per heavy atom. The van der Waals surface area contributed by atoms with Crippen LogP contribution in [0.5, 0.6) is 0 Å². The van der Waals surface area contributed by atoms with E-state index >= 15 is 0 Å². The highest BCUT2D eigenvalue weighted by atomic mass is 16.2. The average molecular weight is 518 g/mol. The summed E-state index contributed by atoms with van der Waals surface area (Å²) in [5.74, 6) is -0.187. The number of H-pyrrole nitrogens is 1. The Labute approximate surface area is 224 Å². The van der Waals surface area contributed by atoms with Crippen molar-refractivity contribution in [1.82, 2.24) is 15.6 Å². The van der Waals surface area contributed by atoms with Gasteiger partial charge >= 0.3 is 0 Å². The van der Waals surface area contributed by atoms with Crippen molar-refractivity contribution in [1.29, 1.82) is 0 Å². The van der Waals surface area contributed by atoms with E-state index < -0.39 is 6.04 Å². The van der Waals surface area contributed by atoms with Crippen LogP contribution in [0, 0.1) is 0 Å². The number of carbonyl (C=O) groups is 4. The van der Waals surface area contributed by atoms with Crippen LogP contribution in [0.4, 0.5) is 0 Å². The number of rotatable bonds is 17. The first-order valence-corrected chi connectivity index (χ1v) is 13.7. The van der Waals surface area contributed by atoms with Gasteiger partial charge in [-0.05, 0) is 37.3 Å². The fraction of sp³-hybridized carbons (Fsp3) is 0.419. The van der Waals surface area contributed by atoms with Gasteiger partial charge in [-0.1, -0.05) is 68.3 Å². The summed E-state index contributed by atoms with van der Waals surface area (Å²) in [4.78, 5) is 52.8. The fourth-order valence-corrected chi connectivity index (χ4v) is 4.52. The van der Waals surface area contributed by atoms with E-state index in [1.807, 2.05) is 49.5 Å². The van der Waals surface area contributed by atoms with Crippen LogP contribution in [0.1, 0.15) is 80.6 Å². The van der Waals surface area contributed by atoms with Gasteiger partial charge in [-0.2, -0.15) is 0 Å². The van der Waals surface area contributed by atoms with Gasteiger partial charge in [0.1, 0.15) is 11.8 Å². The summed E-state index contributed by atoms with van der Waals surface area (Å²) in [7, 11) is 0. The highest BCUT2D eigenvalue weighted by Crippen LogP contribution is 2.18. The topological polar surface area (TPSA) is 108 Å². The molecular weight excluding hydrogens is 478 g/mol. The minimum atomic E-state index is -0.642. The number of para-hydroxylation sites is 1. The second-order valence-electron chi connectivity index (χ2n) is 9.65. The van der Waals surface area contributed by atoms with Gasteiger partial charge < -0.3 is 15.6 Å². The molecule has 1 heterocycles. The van der Waals surface area contributed by atoms with Crippen molar-refractivity contribution in [3.8, 4) is 0 Å². The van der Waals surface area contributed by atoms with Crippen LogP contribution >= 0.6 is 0 Å². The molecule has 0 aliphatic heterocycles. The molecule has 202 valence electrons. The quantitative estimate of drug-likeness (QED) is 0.167. The number of fused-ring (bicyclic) bond motifs is 1. The number of nitrogens with one attached hydrogen (secondary N) is 3. The lowest BCUT2D eigenvalue weighted by Gasteiger charge is -2.18. The number of Topliss-reactive ketones (excluding diaryl/α,β-unsaturated/α-hetero) is 2. The number of amides is 2. The van der Waals surface area contributed by atoms with Crippen molar-refractivity contribution >= 4 is 34.3 Å². The van der Waals surface area contributed by atoms with Crippen molar-refractivity contribution in [2.45, 2.75) is 77.2 Å². The molecule has 0 saturated heterocycles. The Kier molecular flexibility index (Phi) is 11.8. The second-order valence-corrected chi connectivity index (χ2v) is 9.65. The van der Waals surface area contributed by atoms with Gasteiger partial charge in [0.05, 0.1) is 0 Å². The molecule has 2 amide bonds. The minimum absolute atomic E-state index is 0.00611. The maximum Gasteiger partial charge on any atom is 0.242 e. The van der Waals surface area contributed by atoms with E-state index in [2.05, 4.69) is 21.7 Å². The third-order valence-corrected chi connectivity index (χ3v) is 6.77. The molecule has 0 bridgehead atoms. The van der Waals surface area contributed by atoms with E-state index in [0.29, 0.717) is 44.2 Å². The van der Waals surface area contributed by atoms with Gasteiger partial charge in [0, 0.05) is 54.9 Å². The summed E-state index contributed by atoms with van der Waals surface area (Å²) >= 11 is 0. The monoisotopic (exact) mass is 517 g/mol. The Bertz CT molecular complexity index is 1200. The lowest BCUT2D eigenvalue weighted by Crippen LogP contribution is -2.47. The summed E-state index contributed by atoms with van der Waals surface area (Å²) in [5, 5.41) is 7.00. The first-order valence-electron chi connectivity index (χ1n) is 13.7. The lowest BCUT2D eigenvalue weighted by atomic mass is 10.0. The van der Waals surface area contributed by atoms with E-state index in [-0.39, 0.29) is 36.2 Å². The van der Waals surface area contributed by atoms with Gasteiger partial charge in [0.2, 0.25) is 11.8 Å². The Morgan fingerprint density at radius 2 is 1.61 bits per heavy atom. The van der Waals surface area contributed by atoms with Crippen LogP contribution in [0.15, 0.2) is 60.8 Å². The van der Waals surface area contributed by atoms with E-state index in [1.165, 1.54) is 0 Å². The maximum absolute atomic E-state index is 13.0. The number of benzene rings is 2. The minimum Gasteiger partial charge on any atom is -0.361 e. The molecule has 1 aromatic heterocycles. The fourth-order valence-electron chi connectivity index (χ4n) is 4.52. The number of unbranched alkanes of at least 4 members (excludes halogenated alkanes) is 2. The highest BCUT2D eigenvalue weighted by molar-refractivity contribution is 5.96. The Hall–Kier alpha value is -3.74. The van der Waals surface area contributed by atoms with Gasteiger partial charge in [-0.3, -0.25) is 19.2 Å². The van der Waals surface area contributed by atoms with Crippen LogP contribution in [0.2, 0.25) is 0 Å². The molecule has 2 aromatic carbocycles. The molecule has 7 heteroatoms. The maximum atomic E-state index is 13.0. The van der Waals surface area contributed by atoms with Gasteiger partial charge in [-0.15, -0.1) is 0 Å². The zero-order chi connectivity index (χ0) is 27.2. The van der Waals surface area contributed by atoms with Crippen LogP contribution in [0.3, 0.4) is 0 Å². The predicted molar refractivity (Wildman–Crippen MR) is 150 cm³/mol. The van der Waals surface area contributed by atoms with Crippen molar-refractivity contribution < 1.29 is 19.2 Å². The van der Waals surface area contributed by atoms with E-state index in [0.717, 1.165) is 35.7 Å². The third kappa shape index (κ3) is 9.29. The van der Waals surface area contributed by atoms with Crippen LogP contribution in [-0.2, 0) is 20.8 Å². The largest absolute Gasteiger partial charge is 0.361 e. The highest BCUT2D eigenvalue weighted by Gasteiger charge is 2.20. The predicted octanol–water partition coefficient (Wildman–Crippen LogP) is 5.29. The van der Waals surface area contributed by atoms with E-state index in [4.69, 9.17) is 0 Å². The molecule has 3 rings (SSSR count). The SMILES string of the molecule is CCC(=O)CCCCCC(NC(=O)CCCC(=O)c1ccccc1)C(=O)NCCc1c[nH]c2ccccc12. The first kappa shape index (κ1) is 28.8. The Morgan fingerprint density at radius 3 is 2.39 bits per heavy atom. The van der Waals surface area contributed by atoms with Crippen molar-refractivity contribution in [2.75, 3.05) is 6.54 Å². The molecule has 38 heavy (non-hydrogen) atoms. The summed E-state index contributed by atoms with van der Waals surface area (Å²) in [6, 6.07) is 16.4. The normalized spacial score (nSPS) is 11.7. The Balaban J connectivity index is 1.48. The van der Waals surface area contributed by atoms with E-state index in [1.54, 1.807) is 12.1 Å². The lowest BCUT2D eigenvalue weighted by molar-refractivity contribution is -0.129. The van der Waals surface area contributed by atoms with Crippen molar-refractivity contribution in [2.24, 2.45) is 0 Å². The second kappa shape index (κ2) is 15.5. The zero-order valence-electron chi connectivity index (χ0n) is 22.3. The average Bonchev–Trinajstić information content (AvgIpc) is 3.35. The van der Waals surface area contributed by atoms with Crippen LogP contribution in [-0.4, -0.2) is 41.0 Å². The van der Waals surface area contributed by atoms with Gasteiger partial charge in [0.15, 0.2) is 5.78 Å². The number of hydrogen-bond donors (Lipinski definition) is 3. The number of aromatic nitrogens is 1. The summed E-state index contributed by atoms with van der Waals surface area (Å²) in [6.07, 6.45) is 7.49. The van der Waals surface area contributed by atoms with Crippen molar-refractivity contribution in [3.05, 3.63) is 71.9 Å². The standard InChI is InChI=1S/C31H39N3O4/c1-2-25(35)14-7-4-8-17-28(34-30(37)19-11-18-29(36)23-12-5-3-6-13-23)31(38)32-21-20-24-22-33-27-16-10-9-15-26(24)27/h3,5-6,9-10,12-13,15-16,22,28,33H,2,4,7-8,11,14,17-21H2,1H3,(H,32,38)(H,34,37). The molecular formula is C31H39N3O4. The van der Waals surface area contributed by atoms with Crippen LogP contribution < -0.4 is 10.6 Å². The van der Waals surface area contributed by atoms with E-state index in [9.17, 15) is 19.2 Å². The zero-order valence-corrected chi connectivity index (χ0v) is 22.3. The van der Waals surface area contributed by atoms with Crippen LogP contribution in [0.25, 0.3) is 10.9 Å².